The predicted octanol–water partition coefficient (Wildman–Crippen LogP) is 5.40. The molecule has 3 heterocycles. The monoisotopic (exact) mass is 618 g/mol. The van der Waals surface area contributed by atoms with Gasteiger partial charge in [-0.3, -0.25) is 19.7 Å². The van der Waals surface area contributed by atoms with Crippen molar-refractivity contribution in [1.29, 1.82) is 0 Å². The highest BCUT2D eigenvalue weighted by atomic mass is 32.2. The summed E-state index contributed by atoms with van der Waals surface area (Å²) < 4.78 is 0. The van der Waals surface area contributed by atoms with Crippen molar-refractivity contribution in [3.05, 3.63) is 118 Å². The van der Waals surface area contributed by atoms with Crippen molar-refractivity contribution in [3.8, 4) is 11.1 Å². The molecule has 2 aliphatic rings. The molecule has 9 nitrogen and oxygen atoms in total. The van der Waals surface area contributed by atoms with Gasteiger partial charge >= 0.3 is 0 Å². The fraction of sp³-hybridized carbons (Fsp3) is 0.229. The third kappa shape index (κ3) is 7.84. The molecule has 0 bridgehead atoms. The van der Waals surface area contributed by atoms with Crippen LogP contribution in [0, 0.1) is 5.92 Å². The first-order valence-electron chi connectivity index (χ1n) is 15.1. The summed E-state index contributed by atoms with van der Waals surface area (Å²) in [5.41, 5.74) is 5.63. The van der Waals surface area contributed by atoms with E-state index in [1.807, 2.05) is 54.6 Å². The maximum Gasteiger partial charge on any atom is 0.290 e. The van der Waals surface area contributed by atoms with Crippen LogP contribution in [0.1, 0.15) is 40.0 Å². The normalized spacial score (nSPS) is 16.2. The standard InChI is InChI=1S/C35H34N6O3S/c42-32(38-22-24-7-2-1-3-8-24)27-11-6-10-26(19-27)30-12-5-4-9-28(30)23-36-21-25-14-17-41(18-15-25)34-37-16-13-29(39-34)20-31-33(43)40-35(44)45-31/h1-13,16,19-20,25,36H,14-15,17-18,21-23H2,(H,38,42)(H,40,43,44)/b31-20-. The number of aromatic nitrogens is 2. The van der Waals surface area contributed by atoms with E-state index in [-0.39, 0.29) is 11.1 Å². The lowest BCUT2D eigenvalue weighted by Gasteiger charge is -2.32. The zero-order valence-corrected chi connectivity index (χ0v) is 25.6. The largest absolute Gasteiger partial charge is 0.348 e. The molecule has 0 spiro atoms. The Morgan fingerprint density at radius 3 is 2.56 bits per heavy atom. The number of carbonyl (C=O) groups is 3. The van der Waals surface area contributed by atoms with Crippen LogP contribution < -0.4 is 20.9 Å². The molecule has 0 saturated carbocycles. The molecule has 3 amide bonds. The SMILES string of the molecule is O=C1NC(=O)/C(=C/c2ccnc(N3CCC(CNCc4ccccc4-c4cccc(C(=O)NCc5ccccc5)c4)CC3)n2)S1. The van der Waals surface area contributed by atoms with Gasteiger partial charge in [-0.2, -0.15) is 0 Å². The molecule has 2 aliphatic heterocycles. The number of benzene rings is 3. The van der Waals surface area contributed by atoms with Crippen LogP contribution in [0.15, 0.2) is 96.0 Å². The number of rotatable bonds is 10. The van der Waals surface area contributed by atoms with Crippen LogP contribution in [0.4, 0.5) is 10.7 Å². The molecular formula is C35H34N6O3S. The summed E-state index contributed by atoms with van der Waals surface area (Å²) in [6, 6.07) is 27.8. The summed E-state index contributed by atoms with van der Waals surface area (Å²) in [4.78, 5) is 47.8. The predicted molar refractivity (Wildman–Crippen MR) is 177 cm³/mol. The van der Waals surface area contributed by atoms with Gasteiger partial charge in [0.15, 0.2) is 0 Å². The molecule has 2 saturated heterocycles. The van der Waals surface area contributed by atoms with E-state index in [2.05, 4.69) is 55.1 Å². The Kier molecular flexibility index (Phi) is 9.62. The van der Waals surface area contributed by atoms with Crippen LogP contribution in [0.2, 0.25) is 0 Å². The van der Waals surface area contributed by atoms with Crippen molar-refractivity contribution in [1.82, 2.24) is 25.9 Å². The lowest BCUT2D eigenvalue weighted by Crippen LogP contribution is -2.38. The van der Waals surface area contributed by atoms with Gasteiger partial charge in [-0.05, 0) is 83.6 Å². The van der Waals surface area contributed by atoms with Crippen LogP contribution in [0.5, 0.6) is 0 Å². The van der Waals surface area contributed by atoms with Gasteiger partial charge in [-0.25, -0.2) is 9.97 Å². The summed E-state index contributed by atoms with van der Waals surface area (Å²) in [5.74, 6) is 0.681. The van der Waals surface area contributed by atoms with Crippen LogP contribution in [0.3, 0.4) is 0 Å². The summed E-state index contributed by atoms with van der Waals surface area (Å²) in [6.07, 6.45) is 5.33. The molecule has 0 atom stereocenters. The van der Waals surface area contributed by atoms with Gasteiger partial charge in [0.1, 0.15) is 0 Å². The number of nitrogens with one attached hydrogen (secondary N) is 3. The number of imide groups is 1. The molecule has 0 aliphatic carbocycles. The fourth-order valence-electron chi connectivity index (χ4n) is 5.56. The molecule has 0 radical (unpaired) electrons. The Morgan fingerprint density at radius 2 is 1.76 bits per heavy atom. The van der Waals surface area contributed by atoms with E-state index in [4.69, 9.17) is 0 Å². The quantitative estimate of drug-likeness (QED) is 0.202. The zero-order valence-electron chi connectivity index (χ0n) is 24.7. The maximum absolute atomic E-state index is 12.9. The number of hydrogen-bond acceptors (Lipinski definition) is 8. The fourth-order valence-corrected chi connectivity index (χ4v) is 6.23. The third-order valence-corrected chi connectivity index (χ3v) is 8.79. The highest BCUT2D eigenvalue weighted by molar-refractivity contribution is 8.18. The first kappa shape index (κ1) is 30.2. The topological polar surface area (TPSA) is 116 Å². The summed E-state index contributed by atoms with van der Waals surface area (Å²) in [6.45, 7) is 3.81. The molecule has 0 unspecified atom stereocenters. The van der Waals surface area contributed by atoms with Crippen LogP contribution in [-0.4, -0.2) is 46.7 Å². The van der Waals surface area contributed by atoms with E-state index < -0.39 is 5.91 Å². The molecule has 4 aromatic rings. The Balaban J connectivity index is 1.01. The number of thioether (sulfide) groups is 1. The van der Waals surface area contributed by atoms with Crippen LogP contribution in [-0.2, 0) is 17.9 Å². The highest BCUT2D eigenvalue weighted by Gasteiger charge is 2.26. The van der Waals surface area contributed by atoms with Gasteiger partial charge in [0.05, 0.1) is 10.6 Å². The Labute approximate surface area is 266 Å². The molecule has 3 aromatic carbocycles. The number of nitrogens with zero attached hydrogens (tertiary/aromatic N) is 3. The second-order valence-electron chi connectivity index (χ2n) is 11.1. The van der Waals surface area contributed by atoms with E-state index in [1.54, 1.807) is 18.3 Å². The van der Waals surface area contributed by atoms with Crippen LogP contribution >= 0.6 is 11.8 Å². The smallest absolute Gasteiger partial charge is 0.290 e. The number of amides is 3. The highest BCUT2D eigenvalue weighted by Crippen LogP contribution is 2.27. The second kappa shape index (κ2) is 14.3. The minimum Gasteiger partial charge on any atom is -0.348 e. The van der Waals surface area contributed by atoms with Crippen molar-refractivity contribution >= 4 is 40.8 Å². The Morgan fingerprint density at radius 1 is 0.956 bits per heavy atom. The van der Waals surface area contributed by atoms with Gasteiger partial charge in [0.25, 0.3) is 17.1 Å². The summed E-state index contributed by atoms with van der Waals surface area (Å²) in [7, 11) is 0. The molecule has 228 valence electrons. The van der Waals surface area contributed by atoms with Crippen molar-refractivity contribution in [2.45, 2.75) is 25.9 Å². The molecule has 10 heteroatoms. The second-order valence-corrected chi connectivity index (χ2v) is 12.1. The number of anilines is 1. The minimum absolute atomic E-state index is 0.0893. The Bertz CT molecular complexity index is 1720. The van der Waals surface area contributed by atoms with E-state index in [1.165, 1.54) is 5.56 Å². The van der Waals surface area contributed by atoms with Gasteiger partial charge in [-0.1, -0.05) is 66.7 Å². The lowest BCUT2D eigenvalue weighted by atomic mass is 9.96. The molecule has 2 fully saturated rings. The molecule has 1 aromatic heterocycles. The van der Waals surface area contributed by atoms with E-state index in [0.717, 1.165) is 67.5 Å². The van der Waals surface area contributed by atoms with Crippen molar-refractivity contribution < 1.29 is 14.4 Å². The van der Waals surface area contributed by atoms with Gasteiger partial charge < -0.3 is 15.5 Å². The average Bonchev–Trinajstić information content (AvgIpc) is 3.40. The maximum atomic E-state index is 12.9. The first-order chi connectivity index (χ1) is 22.0. The van der Waals surface area contributed by atoms with Crippen LogP contribution in [0.25, 0.3) is 17.2 Å². The molecule has 45 heavy (non-hydrogen) atoms. The van der Waals surface area contributed by atoms with Gasteiger partial charge in [-0.15, -0.1) is 0 Å². The number of hydrogen-bond donors (Lipinski definition) is 3. The number of piperidine rings is 1. The van der Waals surface area contributed by atoms with E-state index in [0.29, 0.717) is 34.6 Å². The zero-order chi connectivity index (χ0) is 31.0. The molecular weight excluding hydrogens is 584 g/mol. The van der Waals surface area contributed by atoms with Gasteiger partial charge in [0, 0.05) is 37.9 Å². The Hall–Kier alpha value is -4.80. The molecule has 3 N–H and O–H groups in total. The molecule has 6 rings (SSSR count). The average molecular weight is 619 g/mol. The number of carbonyl (C=O) groups excluding carboxylic acids is 3. The van der Waals surface area contributed by atoms with Crippen molar-refractivity contribution in [2.24, 2.45) is 5.92 Å². The minimum atomic E-state index is -0.392. The third-order valence-electron chi connectivity index (χ3n) is 7.98. The van der Waals surface area contributed by atoms with E-state index >= 15 is 0 Å². The van der Waals surface area contributed by atoms with E-state index in [9.17, 15) is 14.4 Å². The lowest BCUT2D eigenvalue weighted by molar-refractivity contribution is -0.115. The van der Waals surface area contributed by atoms with Gasteiger partial charge in [0.2, 0.25) is 5.95 Å². The first-order valence-corrected chi connectivity index (χ1v) is 15.9. The summed E-state index contributed by atoms with van der Waals surface area (Å²) in [5, 5.41) is 8.58. The van der Waals surface area contributed by atoms with Crippen molar-refractivity contribution in [2.75, 3.05) is 24.5 Å². The van der Waals surface area contributed by atoms with Crippen molar-refractivity contribution in [3.63, 3.8) is 0 Å². The summed E-state index contributed by atoms with van der Waals surface area (Å²) >= 11 is 0.883.